The van der Waals surface area contributed by atoms with E-state index in [1.54, 1.807) is 19.4 Å². The third-order valence-corrected chi connectivity index (χ3v) is 3.63. The van der Waals surface area contributed by atoms with Gasteiger partial charge in [-0.05, 0) is 18.8 Å². The van der Waals surface area contributed by atoms with Crippen molar-refractivity contribution >= 4 is 21.9 Å². The molecule has 0 atom stereocenters. The van der Waals surface area contributed by atoms with Gasteiger partial charge in [0.1, 0.15) is 0 Å². The minimum absolute atomic E-state index is 0.615. The minimum atomic E-state index is 0.615. The number of rotatable bonds is 4. The third-order valence-electron chi connectivity index (χ3n) is 2.88. The van der Waals surface area contributed by atoms with Crippen LogP contribution in [0.2, 0.25) is 0 Å². The van der Waals surface area contributed by atoms with Crippen molar-refractivity contribution in [3.63, 3.8) is 0 Å². The maximum atomic E-state index is 5.08. The molecule has 16 heavy (non-hydrogen) atoms. The Balaban J connectivity index is 1.94. The average Bonchev–Trinajstić information content (AvgIpc) is 2.27. The van der Waals surface area contributed by atoms with Crippen LogP contribution in [0.1, 0.15) is 12.8 Å². The number of aromatic nitrogens is 2. The molecule has 0 radical (unpaired) electrons. The van der Waals surface area contributed by atoms with Crippen molar-refractivity contribution in [2.24, 2.45) is 5.92 Å². The van der Waals surface area contributed by atoms with Gasteiger partial charge < -0.3 is 9.64 Å². The van der Waals surface area contributed by atoms with Crippen LogP contribution in [0.4, 0.5) is 5.95 Å². The van der Waals surface area contributed by atoms with Gasteiger partial charge >= 0.3 is 0 Å². The van der Waals surface area contributed by atoms with E-state index in [-0.39, 0.29) is 0 Å². The van der Waals surface area contributed by atoms with Crippen molar-refractivity contribution in [1.29, 1.82) is 0 Å². The van der Waals surface area contributed by atoms with Gasteiger partial charge in [0.15, 0.2) is 0 Å². The highest BCUT2D eigenvalue weighted by Crippen LogP contribution is 2.34. The van der Waals surface area contributed by atoms with E-state index in [1.807, 2.05) is 7.05 Å². The summed E-state index contributed by atoms with van der Waals surface area (Å²) in [6, 6.07) is 1.76. The molecule has 4 nitrogen and oxygen atoms in total. The van der Waals surface area contributed by atoms with Gasteiger partial charge in [-0.25, -0.2) is 4.98 Å². The normalized spacial score (nSPS) is 23.7. The van der Waals surface area contributed by atoms with Gasteiger partial charge in [0.05, 0.1) is 7.11 Å². The van der Waals surface area contributed by atoms with E-state index in [0.717, 1.165) is 18.4 Å². The zero-order valence-corrected chi connectivity index (χ0v) is 11.1. The highest BCUT2D eigenvalue weighted by atomic mass is 79.9. The summed E-state index contributed by atoms with van der Waals surface area (Å²) in [5, 5.41) is 0. The van der Waals surface area contributed by atoms with Crippen molar-refractivity contribution < 1.29 is 4.74 Å². The topological polar surface area (TPSA) is 38.2 Å². The molecule has 0 unspecified atom stereocenters. The number of ether oxygens (including phenoxy) is 1. The second kappa shape index (κ2) is 4.99. The van der Waals surface area contributed by atoms with Gasteiger partial charge in [0.25, 0.3) is 0 Å². The summed E-state index contributed by atoms with van der Waals surface area (Å²) >= 11 is 3.60. The van der Waals surface area contributed by atoms with Gasteiger partial charge in [0.2, 0.25) is 11.8 Å². The molecule has 0 spiro atoms. The lowest BCUT2D eigenvalue weighted by Crippen LogP contribution is -2.35. The molecule has 0 amide bonds. The van der Waals surface area contributed by atoms with E-state index in [9.17, 15) is 0 Å². The fraction of sp³-hybridized carbons (Fsp3) is 0.636. The first-order valence-corrected chi connectivity index (χ1v) is 6.33. The second-order valence-corrected chi connectivity index (χ2v) is 5.51. The lowest BCUT2D eigenvalue weighted by atomic mass is 9.85. The Bertz CT molecular complexity index is 355. The molecule has 1 fully saturated rings. The molecule has 0 aromatic carbocycles. The van der Waals surface area contributed by atoms with Gasteiger partial charge in [-0.3, -0.25) is 0 Å². The lowest BCUT2D eigenvalue weighted by Gasteiger charge is -2.34. The molecule has 0 saturated heterocycles. The summed E-state index contributed by atoms with van der Waals surface area (Å²) < 4.78 is 5.08. The fourth-order valence-corrected chi connectivity index (χ4v) is 2.96. The first-order chi connectivity index (χ1) is 7.69. The number of hydrogen-bond acceptors (Lipinski definition) is 4. The highest BCUT2D eigenvalue weighted by Gasteiger charge is 2.28. The number of anilines is 1. The van der Waals surface area contributed by atoms with Crippen LogP contribution in [0.25, 0.3) is 0 Å². The summed E-state index contributed by atoms with van der Waals surface area (Å²) in [4.78, 5) is 11.3. The van der Waals surface area contributed by atoms with Crippen LogP contribution in [-0.4, -0.2) is 35.5 Å². The lowest BCUT2D eigenvalue weighted by molar-refractivity contribution is 0.337. The highest BCUT2D eigenvalue weighted by molar-refractivity contribution is 9.09. The molecule has 88 valence electrons. The molecule has 1 heterocycles. The van der Waals surface area contributed by atoms with Crippen LogP contribution in [0.3, 0.4) is 0 Å². The molecule has 1 saturated carbocycles. The molecule has 1 aliphatic carbocycles. The average molecular weight is 286 g/mol. The third kappa shape index (κ3) is 2.64. The van der Waals surface area contributed by atoms with E-state index in [0.29, 0.717) is 10.7 Å². The van der Waals surface area contributed by atoms with E-state index in [2.05, 4.69) is 30.8 Å². The van der Waals surface area contributed by atoms with Crippen LogP contribution < -0.4 is 9.64 Å². The standard InChI is InChI=1S/C11H16BrN3O/c1-15(7-8-5-9(12)6-8)11-13-4-3-10(14-11)16-2/h3-4,8-9H,5-7H2,1-2H3. The number of alkyl halides is 1. The first kappa shape index (κ1) is 11.6. The molecule has 0 N–H and O–H groups in total. The summed E-state index contributed by atoms with van der Waals surface area (Å²) in [5.74, 6) is 2.10. The zero-order chi connectivity index (χ0) is 11.5. The smallest absolute Gasteiger partial charge is 0.228 e. The van der Waals surface area contributed by atoms with Crippen LogP contribution in [-0.2, 0) is 0 Å². The predicted octanol–water partition coefficient (Wildman–Crippen LogP) is 2.09. The van der Waals surface area contributed by atoms with Crippen molar-refractivity contribution in [3.05, 3.63) is 12.3 Å². The maximum absolute atomic E-state index is 5.08. The predicted molar refractivity (Wildman–Crippen MR) is 67.3 cm³/mol. The Morgan fingerprint density at radius 1 is 1.56 bits per heavy atom. The summed E-state index contributed by atoms with van der Waals surface area (Å²) in [6.07, 6.45) is 4.22. The fourth-order valence-electron chi connectivity index (χ4n) is 1.90. The van der Waals surface area contributed by atoms with Crippen LogP contribution >= 0.6 is 15.9 Å². The molecule has 1 aliphatic rings. The maximum Gasteiger partial charge on any atom is 0.228 e. The van der Waals surface area contributed by atoms with E-state index in [4.69, 9.17) is 4.74 Å². The first-order valence-electron chi connectivity index (χ1n) is 5.41. The SMILES string of the molecule is COc1ccnc(N(C)CC2CC(Br)C2)n1. The van der Waals surface area contributed by atoms with Gasteiger partial charge in [-0.2, -0.15) is 4.98 Å². The largest absolute Gasteiger partial charge is 0.481 e. The molecule has 0 aliphatic heterocycles. The van der Waals surface area contributed by atoms with Gasteiger partial charge in [0, 0.05) is 30.7 Å². The number of halogens is 1. The summed E-state index contributed by atoms with van der Waals surface area (Å²) in [5.41, 5.74) is 0. The molecule has 1 aromatic heterocycles. The van der Waals surface area contributed by atoms with Crippen molar-refractivity contribution in [2.75, 3.05) is 25.6 Å². The van der Waals surface area contributed by atoms with E-state index < -0.39 is 0 Å². The van der Waals surface area contributed by atoms with Gasteiger partial charge in [-0.15, -0.1) is 0 Å². The Morgan fingerprint density at radius 3 is 2.94 bits per heavy atom. The van der Waals surface area contributed by atoms with Crippen LogP contribution in [0.5, 0.6) is 5.88 Å². The molecular formula is C11H16BrN3O. The second-order valence-electron chi connectivity index (χ2n) is 4.21. The number of nitrogens with zero attached hydrogens (tertiary/aromatic N) is 3. The van der Waals surface area contributed by atoms with Crippen molar-refractivity contribution in [3.8, 4) is 5.88 Å². The monoisotopic (exact) mass is 285 g/mol. The van der Waals surface area contributed by atoms with Crippen molar-refractivity contribution in [1.82, 2.24) is 9.97 Å². The van der Waals surface area contributed by atoms with Crippen LogP contribution in [0.15, 0.2) is 12.3 Å². The Hall–Kier alpha value is -0.840. The number of methoxy groups -OCH3 is 1. The number of hydrogen-bond donors (Lipinski definition) is 0. The summed E-state index contributed by atoms with van der Waals surface area (Å²) in [6.45, 7) is 1.01. The molecule has 1 aromatic rings. The van der Waals surface area contributed by atoms with Crippen LogP contribution in [0, 0.1) is 5.92 Å². The Labute approximate surface area is 104 Å². The zero-order valence-electron chi connectivity index (χ0n) is 9.56. The quantitative estimate of drug-likeness (QED) is 0.794. The Kier molecular flexibility index (Phi) is 3.63. The molecular weight excluding hydrogens is 270 g/mol. The van der Waals surface area contributed by atoms with E-state index in [1.165, 1.54) is 12.8 Å². The summed E-state index contributed by atoms with van der Waals surface area (Å²) in [7, 11) is 3.64. The molecule has 5 heteroatoms. The van der Waals surface area contributed by atoms with Gasteiger partial charge in [-0.1, -0.05) is 15.9 Å². The molecule has 2 rings (SSSR count). The van der Waals surface area contributed by atoms with Crippen molar-refractivity contribution in [2.45, 2.75) is 17.7 Å². The van der Waals surface area contributed by atoms with E-state index >= 15 is 0 Å². The minimum Gasteiger partial charge on any atom is -0.481 e. The molecule has 0 bridgehead atoms. The Morgan fingerprint density at radius 2 is 2.31 bits per heavy atom.